The molecule has 0 bridgehead atoms. The molecule has 1 heterocycles. The van der Waals surface area contributed by atoms with E-state index in [0.29, 0.717) is 9.47 Å². The normalized spacial score (nSPS) is 10.7. The third-order valence-electron chi connectivity index (χ3n) is 4.97. The monoisotopic (exact) mass is 469 g/mol. The molecule has 0 aliphatic rings. The Morgan fingerprint density at radius 1 is 0.969 bits per heavy atom. The van der Waals surface area contributed by atoms with Crippen LogP contribution in [-0.4, -0.2) is 34.3 Å². The lowest BCUT2D eigenvalue weighted by atomic mass is 10.1. The highest BCUT2D eigenvalue weighted by molar-refractivity contribution is 8.01. The summed E-state index contributed by atoms with van der Waals surface area (Å²) in [5.74, 6) is -0.329. The molecule has 3 N–H and O–H groups in total. The fraction of sp³-hybridized carbons (Fsp3) is 0.304. The third-order valence-corrected chi connectivity index (χ3v) is 6.94. The average Bonchev–Trinajstić information content (AvgIpc) is 3.18. The van der Waals surface area contributed by atoms with Gasteiger partial charge in [0.05, 0.1) is 12.3 Å². The number of benzene rings is 2. The van der Waals surface area contributed by atoms with Crippen LogP contribution in [0.25, 0.3) is 0 Å². The standard InChI is InChI=1S/C23H27N5O2S2/c1-13-9-15(3)21(16(4)10-13)26-19(29)11-24-20(30)12-31-23-28-27-22(32-23)25-18-8-6-7-14(2)17(18)5/h6-10H,11-12H2,1-5H3,(H,24,30)(H,25,27)(H,26,29). The molecule has 3 aromatic rings. The summed E-state index contributed by atoms with van der Waals surface area (Å²) in [4.78, 5) is 24.4. The van der Waals surface area contributed by atoms with Gasteiger partial charge in [-0.2, -0.15) is 0 Å². The summed E-state index contributed by atoms with van der Waals surface area (Å²) in [5.41, 5.74) is 7.28. The van der Waals surface area contributed by atoms with Crippen molar-refractivity contribution >= 4 is 51.4 Å². The molecule has 0 atom stereocenters. The maximum absolute atomic E-state index is 12.2. The van der Waals surface area contributed by atoms with Gasteiger partial charge in [-0.05, 0) is 62.9 Å². The van der Waals surface area contributed by atoms with E-state index >= 15 is 0 Å². The Labute approximate surface area is 196 Å². The minimum absolute atomic E-state index is 0.0816. The number of thioether (sulfide) groups is 1. The zero-order chi connectivity index (χ0) is 23.3. The summed E-state index contributed by atoms with van der Waals surface area (Å²) in [5, 5.41) is 17.7. The summed E-state index contributed by atoms with van der Waals surface area (Å²) >= 11 is 2.68. The van der Waals surface area contributed by atoms with E-state index in [-0.39, 0.29) is 24.1 Å². The Balaban J connectivity index is 1.45. The fourth-order valence-electron chi connectivity index (χ4n) is 3.24. The Morgan fingerprint density at radius 2 is 1.69 bits per heavy atom. The molecule has 32 heavy (non-hydrogen) atoms. The van der Waals surface area contributed by atoms with E-state index in [9.17, 15) is 9.59 Å². The molecule has 0 aliphatic heterocycles. The van der Waals surface area contributed by atoms with Crippen LogP contribution in [0.2, 0.25) is 0 Å². The molecule has 0 unspecified atom stereocenters. The SMILES string of the molecule is Cc1cc(C)c(NC(=O)CNC(=O)CSc2nnc(Nc3cccc(C)c3C)s2)c(C)c1. The van der Waals surface area contributed by atoms with E-state index in [2.05, 4.69) is 46.1 Å². The number of carbonyl (C=O) groups excluding carboxylic acids is 2. The van der Waals surface area contributed by atoms with Crippen molar-refractivity contribution in [2.45, 2.75) is 39.0 Å². The zero-order valence-corrected chi connectivity index (χ0v) is 20.5. The van der Waals surface area contributed by atoms with Crippen molar-refractivity contribution in [2.75, 3.05) is 22.9 Å². The summed E-state index contributed by atoms with van der Waals surface area (Å²) in [6, 6.07) is 10.1. The van der Waals surface area contributed by atoms with Crippen LogP contribution in [0.3, 0.4) is 0 Å². The number of anilines is 3. The maximum atomic E-state index is 12.2. The van der Waals surface area contributed by atoms with Crippen molar-refractivity contribution < 1.29 is 9.59 Å². The molecule has 0 saturated heterocycles. The van der Waals surface area contributed by atoms with Gasteiger partial charge in [0.15, 0.2) is 4.34 Å². The smallest absolute Gasteiger partial charge is 0.243 e. The summed E-state index contributed by atoms with van der Waals surface area (Å²) in [7, 11) is 0. The van der Waals surface area contributed by atoms with Crippen molar-refractivity contribution in [1.82, 2.24) is 15.5 Å². The second-order valence-electron chi connectivity index (χ2n) is 7.63. The van der Waals surface area contributed by atoms with E-state index in [0.717, 1.165) is 33.6 Å². The number of carbonyl (C=O) groups is 2. The van der Waals surface area contributed by atoms with E-state index < -0.39 is 0 Å². The van der Waals surface area contributed by atoms with Crippen LogP contribution in [0.1, 0.15) is 27.8 Å². The molecular formula is C23H27N5O2S2. The second-order valence-corrected chi connectivity index (χ2v) is 9.83. The molecule has 0 saturated carbocycles. The van der Waals surface area contributed by atoms with Gasteiger partial charge in [0.25, 0.3) is 0 Å². The molecule has 1 aromatic heterocycles. The van der Waals surface area contributed by atoms with Crippen LogP contribution in [0.4, 0.5) is 16.5 Å². The highest BCUT2D eigenvalue weighted by Gasteiger charge is 2.12. The molecule has 0 aliphatic carbocycles. The van der Waals surface area contributed by atoms with Gasteiger partial charge in [-0.3, -0.25) is 9.59 Å². The van der Waals surface area contributed by atoms with Crippen LogP contribution < -0.4 is 16.0 Å². The van der Waals surface area contributed by atoms with Gasteiger partial charge >= 0.3 is 0 Å². The van der Waals surface area contributed by atoms with Crippen molar-refractivity contribution in [3.8, 4) is 0 Å². The number of hydrogen-bond acceptors (Lipinski definition) is 7. The van der Waals surface area contributed by atoms with Crippen LogP contribution in [-0.2, 0) is 9.59 Å². The number of hydrogen-bond donors (Lipinski definition) is 3. The van der Waals surface area contributed by atoms with Gasteiger partial charge in [0.2, 0.25) is 16.9 Å². The zero-order valence-electron chi connectivity index (χ0n) is 18.8. The topological polar surface area (TPSA) is 96.0 Å². The lowest BCUT2D eigenvalue weighted by molar-refractivity contribution is -0.122. The van der Waals surface area contributed by atoms with E-state index in [1.54, 1.807) is 0 Å². The van der Waals surface area contributed by atoms with Crippen molar-refractivity contribution in [3.05, 3.63) is 58.1 Å². The van der Waals surface area contributed by atoms with Gasteiger partial charge in [0, 0.05) is 11.4 Å². The summed E-state index contributed by atoms with van der Waals surface area (Å²) in [6.07, 6.45) is 0. The minimum Gasteiger partial charge on any atom is -0.346 e. The lowest BCUT2D eigenvalue weighted by Gasteiger charge is -2.13. The van der Waals surface area contributed by atoms with E-state index in [4.69, 9.17) is 0 Å². The molecule has 3 rings (SSSR count). The van der Waals surface area contributed by atoms with Crippen LogP contribution in [0.5, 0.6) is 0 Å². The molecule has 2 aromatic carbocycles. The fourth-order valence-corrected chi connectivity index (χ4v) is 4.83. The van der Waals surface area contributed by atoms with Gasteiger partial charge in [-0.1, -0.05) is 52.9 Å². The molecule has 0 spiro atoms. The van der Waals surface area contributed by atoms with E-state index in [1.165, 1.54) is 28.7 Å². The van der Waals surface area contributed by atoms with Gasteiger partial charge in [0.1, 0.15) is 0 Å². The highest BCUT2D eigenvalue weighted by atomic mass is 32.2. The number of rotatable bonds is 8. The number of nitrogens with one attached hydrogen (secondary N) is 3. The van der Waals surface area contributed by atoms with Crippen molar-refractivity contribution in [2.24, 2.45) is 0 Å². The highest BCUT2D eigenvalue weighted by Crippen LogP contribution is 2.29. The molecule has 2 amide bonds. The first-order chi connectivity index (χ1) is 15.2. The van der Waals surface area contributed by atoms with Crippen LogP contribution in [0, 0.1) is 34.6 Å². The Morgan fingerprint density at radius 3 is 2.41 bits per heavy atom. The minimum atomic E-state index is -0.255. The summed E-state index contributed by atoms with van der Waals surface area (Å²) in [6.45, 7) is 9.96. The lowest BCUT2D eigenvalue weighted by Crippen LogP contribution is -2.34. The Hall–Kier alpha value is -2.91. The number of aryl methyl sites for hydroxylation is 4. The van der Waals surface area contributed by atoms with Gasteiger partial charge in [-0.15, -0.1) is 10.2 Å². The quantitative estimate of drug-likeness (QED) is 0.415. The molecule has 168 valence electrons. The first-order valence-electron chi connectivity index (χ1n) is 10.2. The Kier molecular flexibility index (Phi) is 7.87. The molecule has 7 nitrogen and oxygen atoms in total. The first-order valence-corrected chi connectivity index (χ1v) is 12.0. The third kappa shape index (κ3) is 6.30. The van der Waals surface area contributed by atoms with Gasteiger partial charge < -0.3 is 16.0 Å². The molecule has 9 heteroatoms. The van der Waals surface area contributed by atoms with Crippen LogP contribution >= 0.6 is 23.1 Å². The first kappa shape index (κ1) is 23.7. The van der Waals surface area contributed by atoms with Gasteiger partial charge in [-0.25, -0.2) is 0 Å². The average molecular weight is 470 g/mol. The summed E-state index contributed by atoms with van der Waals surface area (Å²) < 4.78 is 0.684. The van der Waals surface area contributed by atoms with Crippen LogP contribution in [0.15, 0.2) is 34.7 Å². The second kappa shape index (κ2) is 10.6. The van der Waals surface area contributed by atoms with Crippen molar-refractivity contribution in [1.29, 1.82) is 0 Å². The number of aromatic nitrogens is 2. The molecule has 0 fully saturated rings. The maximum Gasteiger partial charge on any atom is 0.243 e. The predicted molar refractivity (Wildman–Crippen MR) is 132 cm³/mol. The van der Waals surface area contributed by atoms with E-state index in [1.807, 2.05) is 45.0 Å². The predicted octanol–water partition coefficient (Wildman–Crippen LogP) is 4.67. The number of amides is 2. The Bertz CT molecular complexity index is 1120. The molecule has 0 radical (unpaired) electrons. The molecular weight excluding hydrogens is 442 g/mol. The van der Waals surface area contributed by atoms with Crippen molar-refractivity contribution in [3.63, 3.8) is 0 Å². The largest absolute Gasteiger partial charge is 0.346 e. The number of nitrogens with zero attached hydrogens (tertiary/aromatic N) is 2.